The molecule has 0 saturated carbocycles. The van der Waals surface area contributed by atoms with E-state index in [4.69, 9.17) is 29.4 Å². The molecule has 1 aliphatic heterocycles. The maximum atomic E-state index is 11.4. The third-order valence-corrected chi connectivity index (χ3v) is 8.98. The third kappa shape index (κ3) is 14.4. The standard InChI is InChI=1S/C34H63NO8/c1-9-10-11-12-20-29(43-34(35)38)25(4)28(36)19-15-13-17-23(2)31(37)24(3)18-14-16-21-30-26(5)32(41-22-39-7)27(6)33(40-8)42-30/h13-14,17-18,23-33,36-37H,9-12,15-16,19-22H2,1-8H3,(H2,35,38)/b17-13-,18-14-/t23?,24-,25-,26+,27+,28+,29-,30-,31+,32-,33+/m0/s1. The molecule has 11 atom stereocenters. The number of hydrogen-bond acceptors (Lipinski definition) is 8. The maximum Gasteiger partial charge on any atom is 0.404 e. The fourth-order valence-electron chi connectivity index (χ4n) is 6.03. The summed E-state index contributed by atoms with van der Waals surface area (Å²) in [5.74, 6) is 0.0469. The van der Waals surface area contributed by atoms with Crippen LogP contribution in [0.3, 0.4) is 0 Å². The van der Waals surface area contributed by atoms with Crippen molar-refractivity contribution in [1.82, 2.24) is 0 Å². The van der Waals surface area contributed by atoms with Crippen LogP contribution in [-0.2, 0) is 23.7 Å². The van der Waals surface area contributed by atoms with Crippen LogP contribution in [0.1, 0.15) is 99.3 Å². The Morgan fingerprint density at radius 3 is 2.19 bits per heavy atom. The Kier molecular flexibility index (Phi) is 20.3. The number of unbranched alkanes of at least 4 members (excludes halogenated alkanes) is 3. The van der Waals surface area contributed by atoms with Crippen molar-refractivity contribution >= 4 is 6.09 Å². The highest BCUT2D eigenvalue weighted by molar-refractivity contribution is 5.64. The van der Waals surface area contributed by atoms with Gasteiger partial charge in [-0.05, 0) is 38.5 Å². The van der Waals surface area contributed by atoms with Crippen molar-refractivity contribution < 1.29 is 38.7 Å². The van der Waals surface area contributed by atoms with Gasteiger partial charge in [-0.25, -0.2) is 4.79 Å². The molecular formula is C34H63NO8. The lowest BCUT2D eigenvalue weighted by molar-refractivity contribution is -0.271. The molecule has 0 radical (unpaired) electrons. The molecule has 43 heavy (non-hydrogen) atoms. The van der Waals surface area contributed by atoms with Crippen molar-refractivity contribution in [3.63, 3.8) is 0 Å². The first kappa shape index (κ1) is 39.5. The van der Waals surface area contributed by atoms with Crippen LogP contribution in [0.15, 0.2) is 24.3 Å². The summed E-state index contributed by atoms with van der Waals surface area (Å²) < 4.78 is 28.2. The average Bonchev–Trinajstić information content (AvgIpc) is 2.98. The number of aliphatic hydroxyl groups is 2. The van der Waals surface area contributed by atoms with Gasteiger partial charge in [-0.15, -0.1) is 0 Å². The fraction of sp³-hybridized carbons (Fsp3) is 0.853. The average molecular weight is 614 g/mol. The first-order valence-corrected chi connectivity index (χ1v) is 16.4. The van der Waals surface area contributed by atoms with Crippen molar-refractivity contribution in [3.8, 4) is 0 Å². The van der Waals surface area contributed by atoms with Crippen LogP contribution in [0, 0.1) is 29.6 Å². The quantitative estimate of drug-likeness (QED) is 0.0731. The summed E-state index contributed by atoms with van der Waals surface area (Å²) in [5.41, 5.74) is 5.28. The number of amides is 1. The molecule has 1 heterocycles. The number of allylic oxidation sites excluding steroid dienone is 2. The molecule has 9 heteroatoms. The number of rotatable bonds is 22. The fourth-order valence-corrected chi connectivity index (χ4v) is 6.03. The number of carbonyl (C=O) groups excluding carboxylic acids is 1. The van der Waals surface area contributed by atoms with E-state index in [-0.39, 0.29) is 61.0 Å². The number of nitrogens with two attached hydrogens (primary N) is 1. The Balaban J connectivity index is 2.52. The zero-order chi connectivity index (χ0) is 32.4. The number of primary amides is 1. The van der Waals surface area contributed by atoms with Gasteiger partial charge in [0.05, 0.1) is 24.4 Å². The molecule has 1 unspecified atom stereocenters. The van der Waals surface area contributed by atoms with Gasteiger partial charge >= 0.3 is 6.09 Å². The molecule has 0 aliphatic carbocycles. The van der Waals surface area contributed by atoms with E-state index < -0.39 is 18.3 Å². The first-order valence-electron chi connectivity index (χ1n) is 16.4. The summed E-state index contributed by atoms with van der Waals surface area (Å²) in [6, 6.07) is 0. The highest BCUT2D eigenvalue weighted by Gasteiger charge is 2.42. The lowest BCUT2D eigenvalue weighted by atomic mass is 9.84. The van der Waals surface area contributed by atoms with Gasteiger partial charge in [-0.2, -0.15) is 0 Å². The summed E-state index contributed by atoms with van der Waals surface area (Å²) in [6.07, 6.45) is 13.5. The second-order valence-corrected chi connectivity index (χ2v) is 12.5. The Morgan fingerprint density at radius 1 is 0.953 bits per heavy atom. The molecule has 1 rings (SSSR count). The molecule has 0 spiro atoms. The second kappa shape index (κ2) is 22.1. The lowest BCUT2D eigenvalue weighted by Gasteiger charge is -2.43. The van der Waals surface area contributed by atoms with Gasteiger partial charge in [0, 0.05) is 43.8 Å². The largest absolute Gasteiger partial charge is 0.446 e. The van der Waals surface area contributed by atoms with E-state index in [2.05, 4.69) is 32.9 Å². The molecule has 252 valence electrons. The molecule has 1 saturated heterocycles. The predicted molar refractivity (Wildman–Crippen MR) is 170 cm³/mol. The lowest BCUT2D eigenvalue weighted by Crippen LogP contribution is -2.50. The van der Waals surface area contributed by atoms with Gasteiger partial charge in [0.15, 0.2) is 6.29 Å². The topological polar surface area (TPSA) is 130 Å². The predicted octanol–water partition coefficient (Wildman–Crippen LogP) is 6.36. The van der Waals surface area contributed by atoms with E-state index in [1.165, 1.54) is 0 Å². The van der Waals surface area contributed by atoms with E-state index >= 15 is 0 Å². The zero-order valence-electron chi connectivity index (χ0n) is 28.2. The van der Waals surface area contributed by atoms with E-state index in [9.17, 15) is 15.0 Å². The van der Waals surface area contributed by atoms with Gasteiger partial charge in [0.2, 0.25) is 0 Å². The van der Waals surface area contributed by atoms with Crippen molar-refractivity contribution in [2.45, 2.75) is 136 Å². The third-order valence-electron chi connectivity index (χ3n) is 8.98. The van der Waals surface area contributed by atoms with Crippen molar-refractivity contribution in [2.24, 2.45) is 35.3 Å². The van der Waals surface area contributed by atoms with Crippen LogP contribution in [0.5, 0.6) is 0 Å². The second-order valence-electron chi connectivity index (χ2n) is 12.5. The Hall–Kier alpha value is -1.49. The molecule has 1 aliphatic rings. The number of ether oxygens (including phenoxy) is 5. The molecule has 0 aromatic rings. The van der Waals surface area contributed by atoms with Gasteiger partial charge in [0.1, 0.15) is 12.9 Å². The number of methoxy groups -OCH3 is 2. The van der Waals surface area contributed by atoms with Crippen LogP contribution < -0.4 is 5.73 Å². The summed E-state index contributed by atoms with van der Waals surface area (Å²) in [6.45, 7) is 12.6. The summed E-state index contributed by atoms with van der Waals surface area (Å²) in [4.78, 5) is 11.4. The smallest absolute Gasteiger partial charge is 0.404 e. The molecule has 1 amide bonds. The van der Waals surface area contributed by atoms with E-state index in [0.717, 1.165) is 38.5 Å². The Morgan fingerprint density at radius 2 is 1.60 bits per heavy atom. The highest BCUT2D eigenvalue weighted by Crippen LogP contribution is 2.34. The summed E-state index contributed by atoms with van der Waals surface area (Å²) in [7, 11) is 3.29. The Labute approximate surface area is 261 Å². The number of hydrogen-bond donors (Lipinski definition) is 3. The molecule has 0 bridgehead atoms. The van der Waals surface area contributed by atoms with Crippen LogP contribution in [0.25, 0.3) is 0 Å². The number of aliphatic hydroxyl groups excluding tert-OH is 2. The minimum atomic E-state index is -0.794. The van der Waals surface area contributed by atoms with Crippen molar-refractivity contribution in [1.29, 1.82) is 0 Å². The van der Waals surface area contributed by atoms with Gasteiger partial charge in [-0.1, -0.05) is 85.1 Å². The molecule has 0 aromatic carbocycles. The van der Waals surface area contributed by atoms with Crippen LogP contribution in [0.4, 0.5) is 4.79 Å². The minimum absolute atomic E-state index is 0.00602. The monoisotopic (exact) mass is 613 g/mol. The van der Waals surface area contributed by atoms with Crippen molar-refractivity contribution in [3.05, 3.63) is 24.3 Å². The maximum absolute atomic E-state index is 11.4. The van der Waals surface area contributed by atoms with Crippen molar-refractivity contribution in [2.75, 3.05) is 21.0 Å². The van der Waals surface area contributed by atoms with E-state index in [1.54, 1.807) is 14.2 Å². The van der Waals surface area contributed by atoms with Crippen LogP contribution in [-0.4, -0.2) is 74.1 Å². The van der Waals surface area contributed by atoms with Crippen LogP contribution >= 0.6 is 0 Å². The summed E-state index contributed by atoms with van der Waals surface area (Å²) in [5, 5.41) is 21.6. The van der Waals surface area contributed by atoms with Crippen LogP contribution in [0.2, 0.25) is 0 Å². The molecule has 4 N–H and O–H groups in total. The normalized spacial score (nSPS) is 27.2. The SMILES string of the molecule is CCCCCC[C@H](OC(N)=O)[C@@H](C)[C@H](O)CC/C=C\C(C)[C@@H](O)[C@@H](C)/C=C\CC[C@@H]1O[C@@H](OC)[C@H](C)[C@@H](OCOC)[C@@H]1C. The minimum Gasteiger partial charge on any atom is -0.446 e. The van der Waals surface area contributed by atoms with E-state index in [0.29, 0.717) is 19.3 Å². The molecular weight excluding hydrogens is 550 g/mol. The molecule has 0 aromatic heterocycles. The van der Waals surface area contributed by atoms with Gasteiger partial charge in [0.25, 0.3) is 0 Å². The van der Waals surface area contributed by atoms with E-state index in [1.807, 2.05) is 32.9 Å². The van der Waals surface area contributed by atoms with Gasteiger partial charge in [-0.3, -0.25) is 0 Å². The zero-order valence-corrected chi connectivity index (χ0v) is 28.2. The molecule has 1 fully saturated rings. The summed E-state index contributed by atoms with van der Waals surface area (Å²) >= 11 is 0. The first-order chi connectivity index (χ1) is 20.5. The Bertz CT molecular complexity index is 792. The number of carbonyl (C=O) groups is 1. The molecule has 9 nitrogen and oxygen atoms in total. The highest BCUT2D eigenvalue weighted by atomic mass is 16.7. The van der Waals surface area contributed by atoms with Gasteiger partial charge < -0.3 is 39.6 Å².